The third-order valence-electron chi connectivity index (χ3n) is 2.48. The minimum atomic E-state index is -3.77. The molecule has 0 unspecified atom stereocenters. The number of anilines is 1. The highest BCUT2D eigenvalue weighted by molar-refractivity contribution is 8.14. The first-order valence-electron chi connectivity index (χ1n) is 4.74. The molecule has 1 aromatic heterocycles. The zero-order chi connectivity index (χ0) is 12.8. The molecular formula is C10H10Cl2N2O2S. The van der Waals surface area contributed by atoms with Crippen LogP contribution in [0.3, 0.4) is 0 Å². The Labute approximate surface area is 109 Å². The van der Waals surface area contributed by atoms with E-state index in [2.05, 4.69) is 4.98 Å². The highest BCUT2D eigenvalue weighted by Crippen LogP contribution is 2.35. The molecule has 0 aliphatic carbocycles. The number of hydrogen-bond acceptors (Lipinski definition) is 3. The molecule has 0 fully saturated rings. The molecule has 4 nitrogen and oxygen atoms in total. The standard InChI is InChI=1S/C10H10Cl2N2O2S/c1-14(2)7-4-3-6-8(17(12,15)16)5-13-10(6)9(7)11/h3-5,13H,1-2H3. The lowest BCUT2D eigenvalue weighted by Crippen LogP contribution is -2.09. The topological polar surface area (TPSA) is 53.2 Å². The van der Waals surface area contributed by atoms with Crippen LogP contribution in [-0.4, -0.2) is 27.5 Å². The Morgan fingerprint density at radius 2 is 1.94 bits per heavy atom. The lowest BCUT2D eigenvalue weighted by molar-refractivity contribution is 0.610. The molecule has 1 heterocycles. The summed E-state index contributed by atoms with van der Waals surface area (Å²) in [6.45, 7) is 0. The van der Waals surface area contributed by atoms with Crippen LogP contribution < -0.4 is 4.90 Å². The monoisotopic (exact) mass is 292 g/mol. The summed E-state index contributed by atoms with van der Waals surface area (Å²) < 4.78 is 22.7. The summed E-state index contributed by atoms with van der Waals surface area (Å²) in [5, 5.41) is 0.967. The van der Waals surface area contributed by atoms with Gasteiger partial charge < -0.3 is 9.88 Å². The molecule has 0 amide bonds. The molecule has 1 N–H and O–H groups in total. The highest BCUT2D eigenvalue weighted by atomic mass is 35.7. The molecule has 0 bridgehead atoms. The van der Waals surface area contributed by atoms with Crippen LogP contribution in [-0.2, 0) is 9.05 Å². The largest absolute Gasteiger partial charge is 0.376 e. The number of aromatic amines is 1. The van der Waals surface area contributed by atoms with Gasteiger partial charge in [0.25, 0.3) is 9.05 Å². The summed E-state index contributed by atoms with van der Waals surface area (Å²) in [7, 11) is 5.28. The number of benzene rings is 1. The third-order valence-corrected chi connectivity index (χ3v) is 4.22. The Morgan fingerprint density at radius 3 is 2.47 bits per heavy atom. The smallest absolute Gasteiger partial charge is 0.263 e. The lowest BCUT2D eigenvalue weighted by Gasteiger charge is -2.14. The Kier molecular flexibility index (Phi) is 3.01. The van der Waals surface area contributed by atoms with Gasteiger partial charge in [0.2, 0.25) is 0 Å². The summed E-state index contributed by atoms with van der Waals surface area (Å²) in [5.41, 5.74) is 1.37. The van der Waals surface area contributed by atoms with E-state index in [1.54, 1.807) is 12.1 Å². The minimum absolute atomic E-state index is 0.0429. The molecule has 0 saturated carbocycles. The van der Waals surface area contributed by atoms with E-state index >= 15 is 0 Å². The second-order valence-electron chi connectivity index (χ2n) is 3.81. The van der Waals surface area contributed by atoms with Crippen molar-refractivity contribution in [2.24, 2.45) is 0 Å². The van der Waals surface area contributed by atoms with Crippen molar-refractivity contribution in [3.8, 4) is 0 Å². The molecule has 0 radical (unpaired) electrons. The summed E-state index contributed by atoms with van der Waals surface area (Å²) >= 11 is 6.19. The van der Waals surface area contributed by atoms with Crippen molar-refractivity contribution in [2.75, 3.05) is 19.0 Å². The van der Waals surface area contributed by atoms with E-state index < -0.39 is 9.05 Å². The first kappa shape index (κ1) is 12.5. The Balaban J connectivity index is 2.80. The van der Waals surface area contributed by atoms with Crippen LogP contribution in [0.2, 0.25) is 5.02 Å². The molecule has 17 heavy (non-hydrogen) atoms. The van der Waals surface area contributed by atoms with Gasteiger partial charge in [0.1, 0.15) is 4.90 Å². The Hall–Kier alpha value is -0.910. The van der Waals surface area contributed by atoms with Crippen LogP contribution in [0.25, 0.3) is 10.9 Å². The Morgan fingerprint density at radius 1 is 1.29 bits per heavy atom. The summed E-state index contributed by atoms with van der Waals surface area (Å²) in [6, 6.07) is 3.44. The normalized spacial score (nSPS) is 12.0. The fourth-order valence-electron chi connectivity index (χ4n) is 1.67. The quantitative estimate of drug-likeness (QED) is 0.866. The molecule has 92 valence electrons. The predicted octanol–water partition coefficient (Wildman–Crippen LogP) is 2.81. The molecule has 7 heteroatoms. The average molecular weight is 293 g/mol. The molecule has 2 rings (SSSR count). The van der Waals surface area contributed by atoms with Gasteiger partial charge in [-0.25, -0.2) is 8.42 Å². The van der Waals surface area contributed by atoms with Gasteiger partial charge in [-0.2, -0.15) is 0 Å². The van der Waals surface area contributed by atoms with Crippen molar-refractivity contribution >= 4 is 47.9 Å². The van der Waals surface area contributed by atoms with Crippen LogP contribution in [0, 0.1) is 0 Å². The van der Waals surface area contributed by atoms with Gasteiger partial charge in [-0.3, -0.25) is 0 Å². The number of H-pyrrole nitrogens is 1. The average Bonchev–Trinajstić information content (AvgIpc) is 2.61. The van der Waals surface area contributed by atoms with E-state index in [0.29, 0.717) is 15.9 Å². The first-order chi connectivity index (χ1) is 7.82. The second kappa shape index (κ2) is 4.08. The van der Waals surface area contributed by atoms with Gasteiger partial charge in [0.05, 0.1) is 16.2 Å². The predicted molar refractivity (Wildman–Crippen MR) is 70.7 cm³/mol. The number of nitrogens with zero attached hydrogens (tertiary/aromatic N) is 1. The number of hydrogen-bond donors (Lipinski definition) is 1. The number of fused-ring (bicyclic) bond motifs is 1. The van der Waals surface area contributed by atoms with Crippen molar-refractivity contribution in [2.45, 2.75) is 4.90 Å². The van der Waals surface area contributed by atoms with Crippen molar-refractivity contribution in [1.82, 2.24) is 4.98 Å². The molecule has 0 atom stereocenters. The fraction of sp³-hybridized carbons (Fsp3) is 0.200. The van der Waals surface area contributed by atoms with Crippen molar-refractivity contribution in [3.05, 3.63) is 23.4 Å². The molecule has 2 aromatic rings. The van der Waals surface area contributed by atoms with E-state index in [1.807, 2.05) is 19.0 Å². The fourth-order valence-corrected chi connectivity index (χ4v) is 3.08. The van der Waals surface area contributed by atoms with Crippen molar-refractivity contribution in [1.29, 1.82) is 0 Å². The van der Waals surface area contributed by atoms with E-state index in [-0.39, 0.29) is 4.90 Å². The minimum Gasteiger partial charge on any atom is -0.376 e. The van der Waals surface area contributed by atoms with Gasteiger partial charge in [-0.1, -0.05) is 11.6 Å². The molecule has 0 aliphatic heterocycles. The molecule has 0 spiro atoms. The third kappa shape index (κ3) is 2.10. The SMILES string of the molecule is CN(C)c1ccc2c(S(=O)(=O)Cl)c[nH]c2c1Cl. The van der Waals surface area contributed by atoms with Crippen LogP contribution in [0.5, 0.6) is 0 Å². The Bertz CT molecular complexity index is 677. The van der Waals surface area contributed by atoms with Crippen LogP contribution in [0.1, 0.15) is 0 Å². The van der Waals surface area contributed by atoms with E-state index in [9.17, 15) is 8.42 Å². The summed E-state index contributed by atoms with van der Waals surface area (Å²) in [6.07, 6.45) is 1.35. The van der Waals surface area contributed by atoms with Crippen molar-refractivity contribution < 1.29 is 8.42 Å². The van der Waals surface area contributed by atoms with E-state index in [1.165, 1.54) is 6.20 Å². The molecular weight excluding hydrogens is 283 g/mol. The van der Waals surface area contributed by atoms with Gasteiger partial charge in [-0.05, 0) is 12.1 Å². The zero-order valence-corrected chi connectivity index (χ0v) is 11.5. The lowest BCUT2D eigenvalue weighted by atomic mass is 10.2. The first-order valence-corrected chi connectivity index (χ1v) is 7.42. The highest BCUT2D eigenvalue weighted by Gasteiger charge is 2.18. The molecule has 1 aromatic carbocycles. The van der Waals surface area contributed by atoms with Crippen LogP contribution in [0.15, 0.2) is 23.2 Å². The van der Waals surface area contributed by atoms with Crippen LogP contribution >= 0.6 is 22.3 Å². The van der Waals surface area contributed by atoms with Gasteiger partial charge in [0.15, 0.2) is 0 Å². The maximum atomic E-state index is 11.3. The van der Waals surface area contributed by atoms with Gasteiger partial charge in [-0.15, -0.1) is 0 Å². The van der Waals surface area contributed by atoms with Gasteiger partial charge >= 0.3 is 0 Å². The second-order valence-corrected chi connectivity index (χ2v) is 6.72. The number of nitrogens with one attached hydrogen (secondary N) is 1. The van der Waals surface area contributed by atoms with Crippen LogP contribution in [0.4, 0.5) is 5.69 Å². The van der Waals surface area contributed by atoms with Gasteiger partial charge in [0, 0.05) is 36.4 Å². The summed E-state index contributed by atoms with van der Waals surface area (Å²) in [4.78, 5) is 4.72. The molecule has 0 aliphatic rings. The molecule has 0 saturated heterocycles. The van der Waals surface area contributed by atoms with E-state index in [0.717, 1.165) is 5.69 Å². The number of rotatable bonds is 2. The maximum Gasteiger partial charge on any atom is 0.263 e. The number of aromatic nitrogens is 1. The van der Waals surface area contributed by atoms with Crippen molar-refractivity contribution in [3.63, 3.8) is 0 Å². The zero-order valence-electron chi connectivity index (χ0n) is 9.16. The maximum absolute atomic E-state index is 11.3. The summed E-state index contributed by atoms with van der Waals surface area (Å²) in [5.74, 6) is 0. The number of halogens is 2. The van der Waals surface area contributed by atoms with E-state index in [4.69, 9.17) is 22.3 Å².